The zero-order chi connectivity index (χ0) is 23.1. The Morgan fingerprint density at radius 3 is 2.21 bits per heavy atom. The molecule has 1 fully saturated rings. The van der Waals surface area contributed by atoms with E-state index in [1.807, 2.05) is 49.4 Å². The number of benzene rings is 3. The second kappa shape index (κ2) is 8.67. The van der Waals surface area contributed by atoms with Gasteiger partial charge in [0.05, 0.1) is 5.92 Å². The molecule has 0 radical (unpaired) electrons. The number of hydrogen-bond donors (Lipinski definition) is 1. The quantitative estimate of drug-likeness (QED) is 0.485. The molecule has 1 amide bonds. The van der Waals surface area contributed by atoms with Gasteiger partial charge in [0.1, 0.15) is 6.61 Å². The molecule has 168 valence electrons. The maximum atomic E-state index is 13.0. The van der Waals surface area contributed by atoms with Crippen LogP contribution < -0.4 is 0 Å². The number of ether oxygens (including phenoxy) is 1. The summed E-state index contributed by atoms with van der Waals surface area (Å²) in [5, 5.41) is 9.82. The maximum absolute atomic E-state index is 13.0. The van der Waals surface area contributed by atoms with Gasteiger partial charge in [-0.05, 0) is 52.4 Å². The van der Waals surface area contributed by atoms with Crippen molar-refractivity contribution in [2.75, 3.05) is 19.7 Å². The minimum Gasteiger partial charge on any atom is -0.481 e. The summed E-state index contributed by atoms with van der Waals surface area (Å²) in [7, 11) is 0. The average Bonchev–Trinajstić information content (AvgIpc) is 3.38. The number of rotatable bonds is 4. The summed E-state index contributed by atoms with van der Waals surface area (Å²) in [5.41, 5.74) is 6.62. The molecule has 2 aliphatic rings. The van der Waals surface area contributed by atoms with Crippen LogP contribution in [0.5, 0.6) is 0 Å². The Hall–Kier alpha value is -3.12. The molecule has 5 nitrogen and oxygen atoms in total. The second-order valence-corrected chi connectivity index (χ2v) is 9.68. The van der Waals surface area contributed by atoms with Gasteiger partial charge in [0.25, 0.3) is 0 Å². The van der Waals surface area contributed by atoms with E-state index < -0.39 is 18.0 Å². The lowest BCUT2D eigenvalue weighted by atomic mass is 9.86. The van der Waals surface area contributed by atoms with Gasteiger partial charge in [0.2, 0.25) is 0 Å². The van der Waals surface area contributed by atoms with Gasteiger partial charge in [-0.2, -0.15) is 0 Å². The van der Waals surface area contributed by atoms with E-state index in [0.717, 1.165) is 26.7 Å². The molecule has 1 N–H and O–H groups in total. The maximum Gasteiger partial charge on any atom is 0.409 e. The minimum atomic E-state index is -0.892. The van der Waals surface area contributed by atoms with Crippen LogP contribution >= 0.6 is 15.9 Å². The number of carbonyl (C=O) groups excluding carboxylic acids is 1. The van der Waals surface area contributed by atoms with Crippen LogP contribution in [-0.4, -0.2) is 41.8 Å². The van der Waals surface area contributed by atoms with Crippen molar-refractivity contribution in [3.8, 4) is 11.1 Å². The summed E-state index contributed by atoms with van der Waals surface area (Å²) in [4.78, 5) is 26.5. The fraction of sp³-hybridized carbons (Fsp3) is 0.259. The van der Waals surface area contributed by atoms with Crippen LogP contribution in [0.25, 0.3) is 11.1 Å². The van der Waals surface area contributed by atoms with Crippen molar-refractivity contribution in [3.63, 3.8) is 0 Å². The number of amides is 1. The molecule has 3 aromatic carbocycles. The first-order valence-corrected chi connectivity index (χ1v) is 11.8. The first-order valence-electron chi connectivity index (χ1n) is 11.0. The van der Waals surface area contributed by atoms with E-state index in [9.17, 15) is 14.7 Å². The lowest BCUT2D eigenvalue weighted by Crippen LogP contribution is -2.31. The summed E-state index contributed by atoms with van der Waals surface area (Å²) >= 11 is 3.46. The topological polar surface area (TPSA) is 66.8 Å². The lowest BCUT2D eigenvalue weighted by molar-refractivity contribution is -0.141. The molecule has 0 saturated carbocycles. The highest BCUT2D eigenvalue weighted by Crippen LogP contribution is 2.44. The predicted octanol–water partition coefficient (Wildman–Crippen LogP) is 5.81. The SMILES string of the molecule is Cc1cc(Br)ccc1[C@@H]1CN(C(=O)OCC2c3ccccc3-c3ccccc32)C[C@H]1C(=O)O. The van der Waals surface area contributed by atoms with Crippen LogP contribution in [0.4, 0.5) is 4.79 Å². The van der Waals surface area contributed by atoms with E-state index >= 15 is 0 Å². The van der Waals surface area contributed by atoms with Crippen molar-refractivity contribution in [1.82, 2.24) is 4.90 Å². The molecule has 33 heavy (non-hydrogen) atoms. The van der Waals surface area contributed by atoms with Crippen molar-refractivity contribution in [2.45, 2.75) is 18.8 Å². The van der Waals surface area contributed by atoms with Gasteiger partial charge in [-0.15, -0.1) is 0 Å². The summed E-state index contributed by atoms with van der Waals surface area (Å²) < 4.78 is 6.72. The third kappa shape index (κ3) is 3.93. The van der Waals surface area contributed by atoms with Crippen molar-refractivity contribution in [2.24, 2.45) is 5.92 Å². The number of nitrogens with zero attached hydrogens (tertiary/aromatic N) is 1. The van der Waals surface area contributed by atoms with Gasteiger partial charge in [-0.1, -0.05) is 70.5 Å². The Labute approximate surface area is 201 Å². The van der Waals surface area contributed by atoms with E-state index in [1.165, 1.54) is 16.0 Å². The van der Waals surface area contributed by atoms with Gasteiger partial charge in [0, 0.05) is 29.4 Å². The molecule has 5 rings (SSSR count). The standard InChI is InChI=1S/C27H24BrNO4/c1-16-12-17(28)10-11-18(16)23-13-29(14-24(23)26(30)31)27(32)33-15-25-21-8-4-2-6-19(21)20-7-3-5-9-22(20)25/h2-12,23-25H,13-15H2,1H3,(H,30,31)/t23-,24+/m0/s1. The van der Waals surface area contributed by atoms with E-state index in [4.69, 9.17) is 4.74 Å². The molecule has 0 spiro atoms. The third-order valence-electron chi connectivity index (χ3n) is 6.86. The second-order valence-electron chi connectivity index (χ2n) is 8.76. The zero-order valence-electron chi connectivity index (χ0n) is 18.2. The van der Waals surface area contributed by atoms with Gasteiger partial charge in [0.15, 0.2) is 0 Å². The highest BCUT2D eigenvalue weighted by atomic mass is 79.9. The zero-order valence-corrected chi connectivity index (χ0v) is 19.8. The van der Waals surface area contributed by atoms with E-state index in [1.54, 1.807) is 0 Å². The van der Waals surface area contributed by atoms with Gasteiger partial charge in [-0.3, -0.25) is 4.79 Å². The fourth-order valence-corrected chi connectivity index (χ4v) is 5.73. The van der Waals surface area contributed by atoms with Crippen LogP contribution in [0.1, 0.15) is 34.1 Å². The Morgan fingerprint density at radius 1 is 0.970 bits per heavy atom. The first-order chi connectivity index (χ1) is 15.9. The predicted molar refractivity (Wildman–Crippen MR) is 129 cm³/mol. The number of fused-ring (bicyclic) bond motifs is 3. The summed E-state index contributed by atoms with van der Waals surface area (Å²) in [5.74, 6) is -1.85. The summed E-state index contributed by atoms with van der Waals surface area (Å²) in [6.07, 6.45) is -0.458. The van der Waals surface area contributed by atoms with Crippen LogP contribution in [0, 0.1) is 12.8 Å². The van der Waals surface area contributed by atoms with Crippen molar-refractivity contribution < 1.29 is 19.4 Å². The van der Waals surface area contributed by atoms with Crippen molar-refractivity contribution in [1.29, 1.82) is 0 Å². The number of carboxylic acid groups (broad SMARTS) is 1. The molecule has 0 unspecified atom stereocenters. The van der Waals surface area contributed by atoms with Crippen LogP contribution in [0.15, 0.2) is 71.2 Å². The molecule has 3 aromatic rings. The lowest BCUT2D eigenvalue weighted by Gasteiger charge is -2.20. The highest BCUT2D eigenvalue weighted by molar-refractivity contribution is 9.10. The van der Waals surface area contributed by atoms with Gasteiger partial charge in [-0.25, -0.2) is 4.79 Å². The number of aliphatic carboxylic acids is 1. The largest absolute Gasteiger partial charge is 0.481 e. The molecule has 2 atom stereocenters. The van der Waals surface area contributed by atoms with Gasteiger partial charge < -0.3 is 14.7 Å². The van der Waals surface area contributed by atoms with E-state index in [-0.39, 0.29) is 25.0 Å². The van der Waals surface area contributed by atoms with Crippen LogP contribution in [0.2, 0.25) is 0 Å². The summed E-state index contributed by atoms with van der Waals surface area (Å²) in [6.45, 7) is 2.67. The fourth-order valence-electron chi connectivity index (χ4n) is 5.26. The Balaban J connectivity index is 1.33. The van der Waals surface area contributed by atoms with Crippen molar-refractivity contribution in [3.05, 3.63) is 93.5 Å². The third-order valence-corrected chi connectivity index (χ3v) is 7.36. The number of hydrogen-bond acceptors (Lipinski definition) is 3. The van der Waals surface area contributed by atoms with E-state index in [2.05, 4.69) is 40.2 Å². The van der Waals surface area contributed by atoms with Crippen LogP contribution in [0.3, 0.4) is 0 Å². The highest BCUT2D eigenvalue weighted by Gasteiger charge is 2.42. The number of aryl methyl sites for hydroxylation is 1. The number of carboxylic acids is 1. The monoisotopic (exact) mass is 505 g/mol. The Bertz CT molecular complexity index is 1190. The van der Waals surface area contributed by atoms with Crippen LogP contribution in [-0.2, 0) is 9.53 Å². The number of likely N-dealkylation sites (tertiary alicyclic amines) is 1. The molecule has 1 saturated heterocycles. The molecule has 0 bridgehead atoms. The Kier molecular flexibility index (Phi) is 5.71. The molecular formula is C27H24BrNO4. The summed E-state index contributed by atoms with van der Waals surface area (Å²) in [6, 6.07) is 22.2. The van der Waals surface area contributed by atoms with Gasteiger partial charge >= 0.3 is 12.1 Å². The number of carbonyl (C=O) groups is 2. The molecule has 1 heterocycles. The molecule has 0 aromatic heterocycles. The number of halogens is 1. The molecule has 6 heteroatoms. The molecular weight excluding hydrogens is 482 g/mol. The smallest absolute Gasteiger partial charge is 0.409 e. The molecule has 1 aliphatic carbocycles. The van der Waals surface area contributed by atoms with E-state index in [0.29, 0.717) is 6.54 Å². The van der Waals surface area contributed by atoms with Crippen molar-refractivity contribution >= 4 is 28.0 Å². The first kappa shape index (κ1) is 21.7. The Morgan fingerprint density at radius 2 is 1.61 bits per heavy atom. The average molecular weight is 506 g/mol. The minimum absolute atomic E-state index is 0.0243. The normalized spacial score (nSPS) is 19.3. The molecule has 1 aliphatic heterocycles.